The highest BCUT2D eigenvalue weighted by atomic mass is 16.5. The Morgan fingerprint density at radius 2 is 1.48 bits per heavy atom. The van der Waals surface area contributed by atoms with Crippen LogP contribution in [0.1, 0.15) is 104 Å². The summed E-state index contributed by atoms with van der Waals surface area (Å²) < 4.78 is 5.70. The second-order valence-corrected chi connectivity index (χ2v) is 8.00. The zero-order valence-corrected chi connectivity index (χ0v) is 19.2. The smallest absolute Gasteiger partial charge is 0.336 e. The number of carboxylic acids is 1. The van der Waals surface area contributed by atoms with Crippen LogP contribution in [0, 0.1) is 0 Å². The number of unbranched alkanes of at least 4 members (excludes halogenated alkanes) is 10. The van der Waals surface area contributed by atoms with E-state index in [2.05, 4.69) is 24.4 Å². The number of carbonyl (C=O) groups is 1. The Kier molecular flexibility index (Phi) is 19.7. The van der Waals surface area contributed by atoms with E-state index < -0.39 is 11.6 Å². The molecule has 0 aromatic rings. The van der Waals surface area contributed by atoms with Gasteiger partial charge in [-0.1, -0.05) is 64.0 Å². The van der Waals surface area contributed by atoms with Gasteiger partial charge < -0.3 is 20.9 Å². The second-order valence-electron chi connectivity index (χ2n) is 8.00. The summed E-state index contributed by atoms with van der Waals surface area (Å²) in [4.78, 5) is 11.9. The molecule has 0 aliphatic carbocycles. The van der Waals surface area contributed by atoms with Gasteiger partial charge in [-0.2, -0.15) is 0 Å². The standard InChI is InChI=1S/C24H48N2O3/c1-3-5-6-7-8-9-10-11-12-13-14-15-16-17-18-24(23(27)28,29-4-2)19-21-26-22-20-25/h11-12,26H,3-10,13-22,25H2,1-2H3,(H,27,28). The fourth-order valence-corrected chi connectivity index (χ4v) is 3.64. The van der Waals surface area contributed by atoms with Gasteiger partial charge in [0, 0.05) is 19.7 Å². The van der Waals surface area contributed by atoms with Crippen LogP contribution in [0.4, 0.5) is 0 Å². The average Bonchev–Trinajstić information content (AvgIpc) is 2.71. The van der Waals surface area contributed by atoms with Crippen LogP contribution >= 0.6 is 0 Å². The van der Waals surface area contributed by atoms with E-state index in [0.29, 0.717) is 39.1 Å². The van der Waals surface area contributed by atoms with Gasteiger partial charge >= 0.3 is 5.97 Å². The van der Waals surface area contributed by atoms with Crippen LogP contribution < -0.4 is 11.1 Å². The Balaban J connectivity index is 3.88. The molecule has 1 unspecified atom stereocenters. The first kappa shape index (κ1) is 28.1. The SMILES string of the molecule is CCCCCCCCC=CCCCCCCC(CCNCCN)(OCC)C(=O)O. The van der Waals surface area contributed by atoms with Gasteiger partial charge in [0.05, 0.1) is 0 Å². The van der Waals surface area contributed by atoms with Crippen molar-refractivity contribution in [2.24, 2.45) is 5.73 Å². The third-order valence-corrected chi connectivity index (χ3v) is 5.43. The monoisotopic (exact) mass is 412 g/mol. The molecule has 5 nitrogen and oxygen atoms in total. The lowest BCUT2D eigenvalue weighted by Crippen LogP contribution is -2.44. The summed E-state index contributed by atoms with van der Waals surface area (Å²) >= 11 is 0. The molecule has 0 heterocycles. The van der Waals surface area contributed by atoms with Crippen molar-refractivity contribution in [2.45, 2.75) is 109 Å². The zero-order chi connectivity index (χ0) is 21.6. The molecule has 0 saturated carbocycles. The van der Waals surface area contributed by atoms with E-state index in [9.17, 15) is 9.90 Å². The molecule has 4 N–H and O–H groups in total. The first-order valence-electron chi connectivity index (χ1n) is 12.1. The van der Waals surface area contributed by atoms with E-state index in [4.69, 9.17) is 10.5 Å². The third-order valence-electron chi connectivity index (χ3n) is 5.43. The molecule has 5 heteroatoms. The molecule has 0 rings (SSSR count). The first-order chi connectivity index (χ1) is 14.1. The van der Waals surface area contributed by atoms with Gasteiger partial charge in [-0.05, 0) is 58.4 Å². The summed E-state index contributed by atoms with van der Waals surface area (Å²) in [5.74, 6) is -0.841. The minimum absolute atomic E-state index is 0.423. The quantitative estimate of drug-likeness (QED) is 0.163. The molecule has 1 atom stereocenters. The lowest BCUT2D eigenvalue weighted by Gasteiger charge is -2.29. The zero-order valence-electron chi connectivity index (χ0n) is 19.2. The Labute approximate surface area is 179 Å². The number of hydrogen-bond donors (Lipinski definition) is 3. The first-order valence-corrected chi connectivity index (χ1v) is 12.1. The lowest BCUT2D eigenvalue weighted by atomic mass is 9.91. The summed E-state index contributed by atoms with van der Waals surface area (Å²) in [6, 6.07) is 0. The van der Waals surface area contributed by atoms with Crippen molar-refractivity contribution in [3.63, 3.8) is 0 Å². The molecule has 29 heavy (non-hydrogen) atoms. The molecule has 0 radical (unpaired) electrons. The summed E-state index contributed by atoms with van der Waals surface area (Å²) in [6.07, 6.45) is 20.5. The van der Waals surface area contributed by atoms with Crippen molar-refractivity contribution >= 4 is 5.97 Å². The van der Waals surface area contributed by atoms with Crippen LogP contribution in [0.3, 0.4) is 0 Å². The van der Waals surface area contributed by atoms with E-state index >= 15 is 0 Å². The number of hydrogen-bond acceptors (Lipinski definition) is 4. The van der Waals surface area contributed by atoms with E-state index in [-0.39, 0.29) is 0 Å². The summed E-state index contributed by atoms with van der Waals surface area (Å²) in [6.45, 7) is 6.42. The Bertz CT molecular complexity index is 402. The number of nitrogens with one attached hydrogen (secondary N) is 1. The Hall–Kier alpha value is -0.910. The van der Waals surface area contributed by atoms with Gasteiger partial charge in [0.25, 0.3) is 0 Å². The maximum atomic E-state index is 11.9. The van der Waals surface area contributed by atoms with Crippen molar-refractivity contribution in [3.05, 3.63) is 12.2 Å². The van der Waals surface area contributed by atoms with Crippen molar-refractivity contribution in [1.82, 2.24) is 5.32 Å². The van der Waals surface area contributed by atoms with E-state index in [0.717, 1.165) is 25.7 Å². The Morgan fingerprint density at radius 1 is 0.897 bits per heavy atom. The lowest BCUT2D eigenvalue weighted by molar-refractivity contribution is -0.167. The van der Waals surface area contributed by atoms with E-state index in [1.54, 1.807) is 0 Å². The third kappa shape index (κ3) is 15.6. The molecule has 0 saturated heterocycles. The molecular formula is C24H48N2O3. The molecule has 0 amide bonds. The average molecular weight is 413 g/mol. The molecule has 0 aliphatic heterocycles. The fraction of sp³-hybridized carbons (Fsp3) is 0.875. The number of aliphatic carboxylic acids is 1. The molecule has 0 spiro atoms. The van der Waals surface area contributed by atoms with Gasteiger partial charge in [-0.15, -0.1) is 0 Å². The minimum Gasteiger partial charge on any atom is -0.479 e. The van der Waals surface area contributed by atoms with Gasteiger partial charge in [0.1, 0.15) is 0 Å². The van der Waals surface area contributed by atoms with Gasteiger partial charge in [-0.25, -0.2) is 4.79 Å². The summed E-state index contributed by atoms with van der Waals surface area (Å²) in [5, 5.41) is 12.9. The number of allylic oxidation sites excluding steroid dienone is 2. The normalized spacial score (nSPS) is 13.8. The summed E-state index contributed by atoms with van der Waals surface area (Å²) in [7, 11) is 0. The van der Waals surface area contributed by atoms with E-state index in [1.165, 1.54) is 51.4 Å². The molecule has 0 fully saturated rings. The number of nitrogens with two attached hydrogens (primary N) is 1. The van der Waals surface area contributed by atoms with Crippen LogP contribution in [-0.2, 0) is 9.53 Å². The number of rotatable bonds is 22. The highest BCUT2D eigenvalue weighted by molar-refractivity contribution is 5.77. The number of ether oxygens (including phenoxy) is 1. The van der Waals surface area contributed by atoms with Crippen LogP contribution in [0.2, 0.25) is 0 Å². The van der Waals surface area contributed by atoms with Crippen LogP contribution in [-0.4, -0.2) is 42.9 Å². The van der Waals surface area contributed by atoms with E-state index in [1.807, 2.05) is 6.92 Å². The number of carboxylic acid groups (broad SMARTS) is 1. The van der Waals surface area contributed by atoms with Crippen molar-refractivity contribution < 1.29 is 14.6 Å². The maximum Gasteiger partial charge on any atom is 0.336 e. The minimum atomic E-state index is -1.06. The van der Waals surface area contributed by atoms with Crippen LogP contribution in [0.15, 0.2) is 12.2 Å². The van der Waals surface area contributed by atoms with Crippen molar-refractivity contribution in [3.8, 4) is 0 Å². The Morgan fingerprint density at radius 3 is 2.03 bits per heavy atom. The fourth-order valence-electron chi connectivity index (χ4n) is 3.64. The highest BCUT2D eigenvalue weighted by Crippen LogP contribution is 2.25. The van der Waals surface area contributed by atoms with Crippen LogP contribution in [0.5, 0.6) is 0 Å². The molecule has 0 aromatic heterocycles. The van der Waals surface area contributed by atoms with Crippen molar-refractivity contribution in [2.75, 3.05) is 26.2 Å². The second kappa shape index (κ2) is 20.4. The molecular weight excluding hydrogens is 364 g/mol. The van der Waals surface area contributed by atoms with Crippen molar-refractivity contribution in [1.29, 1.82) is 0 Å². The maximum absolute atomic E-state index is 11.9. The predicted octanol–water partition coefficient (Wildman–Crippen LogP) is 5.43. The van der Waals surface area contributed by atoms with Gasteiger partial charge in [0.2, 0.25) is 0 Å². The van der Waals surface area contributed by atoms with Gasteiger partial charge in [-0.3, -0.25) is 0 Å². The molecule has 172 valence electrons. The molecule has 0 aromatic carbocycles. The highest BCUT2D eigenvalue weighted by Gasteiger charge is 2.38. The van der Waals surface area contributed by atoms with Gasteiger partial charge in [0.15, 0.2) is 5.60 Å². The largest absolute Gasteiger partial charge is 0.479 e. The van der Waals surface area contributed by atoms with Crippen LogP contribution in [0.25, 0.3) is 0 Å². The molecule has 0 bridgehead atoms. The summed E-state index contributed by atoms with van der Waals surface area (Å²) in [5.41, 5.74) is 4.41. The topological polar surface area (TPSA) is 84.6 Å². The predicted molar refractivity (Wildman–Crippen MR) is 123 cm³/mol. The molecule has 0 aliphatic rings.